The monoisotopic (exact) mass is 302 g/mol. The van der Waals surface area contributed by atoms with E-state index in [1.807, 2.05) is 42.6 Å². The summed E-state index contributed by atoms with van der Waals surface area (Å²) in [6, 6.07) is 11.7. The molecule has 4 rings (SSSR count). The molecule has 0 aliphatic heterocycles. The normalized spacial score (nSPS) is 10.8. The lowest BCUT2D eigenvalue weighted by molar-refractivity contribution is 0.415. The molecule has 0 atom stereocenters. The van der Waals surface area contributed by atoms with E-state index in [9.17, 15) is 0 Å². The van der Waals surface area contributed by atoms with Gasteiger partial charge in [-0.1, -0.05) is 6.07 Å². The maximum absolute atomic E-state index is 5.27. The van der Waals surface area contributed by atoms with Crippen molar-refractivity contribution in [3.63, 3.8) is 0 Å². The van der Waals surface area contributed by atoms with Gasteiger partial charge < -0.3 is 10.1 Å². The van der Waals surface area contributed by atoms with Crippen LogP contribution in [0.5, 0.6) is 5.75 Å². The van der Waals surface area contributed by atoms with Crippen LogP contribution in [-0.2, 0) is 0 Å². The Hall–Kier alpha value is -3.21. The second-order valence-corrected chi connectivity index (χ2v) is 5.13. The van der Waals surface area contributed by atoms with E-state index in [0.717, 1.165) is 38.9 Å². The van der Waals surface area contributed by atoms with E-state index in [1.165, 1.54) is 0 Å². The number of ether oxygens (including phenoxy) is 1. The van der Waals surface area contributed by atoms with Gasteiger partial charge in [0, 0.05) is 46.5 Å². The fourth-order valence-electron chi connectivity index (χ4n) is 2.63. The molecule has 0 amide bonds. The van der Waals surface area contributed by atoms with E-state index in [-0.39, 0.29) is 0 Å². The summed E-state index contributed by atoms with van der Waals surface area (Å²) in [5.41, 5.74) is 1.75. The molecule has 1 N–H and O–H groups in total. The number of fused-ring (bicyclic) bond motifs is 3. The summed E-state index contributed by atoms with van der Waals surface area (Å²) in [4.78, 5) is 13.1. The number of benzene rings is 1. The molecule has 0 fully saturated rings. The molecule has 4 aromatic rings. The van der Waals surface area contributed by atoms with Crippen LogP contribution in [0.25, 0.3) is 21.7 Å². The van der Waals surface area contributed by atoms with Crippen molar-refractivity contribution in [3.05, 3.63) is 61.2 Å². The number of hydrogen-bond donors (Lipinski definition) is 1. The third-order valence-electron chi connectivity index (χ3n) is 3.73. The van der Waals surface area contributed by atoms with Gasteiger partial charge in [-0.05, 0) is 24.3 Å². The molecule has 0 radical (unpaired) electrons. The molecule has 3 heterocycles. The number of aromatic nitrogens is 3. The minimum absolute atomic E-state index is 0.774. The maximum atomic E-state index is 5.27. The molecule has 3 aromatic heterocycles. The smallest absolute Gasteiger partial charge is 0.139 e. The quantitative estimate of drug-likeness (QED) is 0.581. The molecule has 0 aliphatic carbocycles. The van der Waals surface area contributed by atoms with Crippen LogP contribution < -0.4 is 10.1 Å². The van der Waals surface area contributed by atoms with E-state index < -0.39 is 0 Å². The van der Waals surface area contributed by atoms with Crippen molar-refractivity contribution < 1.29 is 4.74 Å². The summed E-state index contributed by atoms with van der Waals surface area (Å²) < 4.78 is 5.27. The molecule has 0 saturated heterocycles. The summed E-state index contributed by atoms with van der Waals surface area (Å²) in [5.74, 6) is 1.57. The second kappa shape index (κ2) is 5.53. The molecule has 112 valence electrons. The van der Waals surface area contributed by atoms with Crippen LogP contribution >= 0.6 is 0 Å². The fourth-order valence-corrected chi connectivity index (χ4v) is 2.63. The predicted octanol–water partition coefficient (Wildman–Crippen LogP) is 3.93. The molecular formula is C18H14N4O. The number of anilines is 2. The fraction of sp³-hybridized carbons (Fsp3) is 0.0556. The number of nitrogens with one attached hydrogen (secondary N) is 1. The third kappa shape index (κ3) is 2.42. The lowest BCUT2D eigenvalue weighted by Crippen LogP contribution is -1.97. The predicted molar refractivity (Wildman–Crippen MR) is 91.1 cm³/mol. The maximum Gasteiger partial charge on any atom is 0.139 e. The summed E-state index contributed by atoms with van der Waals surface area (Å²) in [5, 5.41) is 6.47. The van der Waals surface area contributed by atoms with Crippen molar-refractivity contribution in [3.8, 4) is 5.75 Å². The van der Waals surface area contributed by atoms with Gasteiger partial charge in [0.25, 0.3) is 0 Å². The summed E-state index contributed by atoms with van der Waals surface area (Å²) in [7, 11) is 1.65. The molecular weight excluding hydrogens is 288 g/mol. The first-order valence-corrected chi connectivity index (χ1v) is 7.24. The third-order valence-corrected chi connectivity index (χ3v) is 3.73. The first-order valence-electron chi connectivity index (χ1n) is 7.24. The van der Waals surface area contributed by atoms with Gasteiger partial charge in [0.2, 0.25) is 0 Å². The van der Waals surface area contributed by atoms with Crippen LogP contribution in [0.2, 0.25) is 0 Å². The van der Waals surface area contributed by atoms with Gasteiger partial charge in [0.1, 0.15) is 11.6 Å². The molecule has 0 unspecified atom stereocenters. The Morgan fingerprint density at radius 1 is 0.913 bits per heavy atom. The number of pyridine rings is 3. The van der Waals surface area contributed by atoms with Crippen LogP contribution in [0.1, 0.15) is 0 Å². The van der Waals surface area contributed by atoms with Gasteiger partial charge in [0.15, 0.2) is 0 Å². The van der Waals surface area contributed by atoms with Crippen LogP contribution in [0.3, 0.4) is 0 Å². The van der Waals surface area contributed by atoms with E-state index in [1.54, 1.807) is 25.7 Å². The zero-order chi connectivity index (χ0) is 15.6. The van der Waals surface area contributed by atoms with Crippen molar-refractivity contribution in [2.45, 2.75) is 0 Å². The minimum atomic E-state index is 0.774. The summed E-state index contributed by atoms with van der Waals surface area (Å²) in [6.45, 7) is 0. The van der Waals surface area contributed by atoms with Crippen LogP contribution in [0, 0.1) is 0 Å². The minimum Gasteiger partial charge on any atom is -0.497 e. The van der Waals surface area contributed by atoms with E-state index in [0.29, 0.717) is 0 Å². The molecule has 0 saturated carbocycles. The van der Waals surface area contributed by atoms with E-state index >= 15 is 0 Å². The second-order valence-electron chi connectivity index (χ2n) is 5.13. The Labute approximate surface area is 133 Å². The average Bonchev–Trinajstić information content (AvgIpc) is 2.62. The zero-order valence-corrected chi connectivity index (χ0v) is 12.5. The Morgan fingerprint density at radius 2 is 1.74 bits per heavy atom. The van der Waals surface area contributed by atoms with Crippen molar-refractivity contribution in [1.29, 1.82) is 0 Å². The molecule has 0 bridgehead atoms. The van der Waals surface area contributed by atoms with Crippen molar-refractivity contribution in [1.82, 2.24) is 15.0 Å². The SMILES string of the molecule is COc1cccc(Nc2nc3cnccc3c3cnccc23)c1. The van der Waals surface area contributed by atoms with Crippen LogP contribution in [0.4, 0.5) is 11.5 Å². The first-order chi connectivity index (χ1) is 11.3. The lowest BCUT2D eigenvalue weighted by Gasteiger charge is -2.11. The highest BCUT2D eigenvalue weighted by atomic mass is 16.5. The summed E-state index contributed by atoms with van der Waals surface area (Å²) >= 11 is 0. The largest absolute Gasteiger partial charge is 0.497 e. The van der Waals surface area contributed by atoms with Gasteiger partial charge in [-0.15, -0.1) is 0 Å². The Bertz CT molecular complexity index is 1000. The van der Waals surface area contributed by atoms with Gasteiger partial charge in [-0.2, -0.15) is 0 Å². The molecule has 5 heteroatoms. The molecule has 5 nitrogen and oxygen atoms in total. The first kappa shape index (κ1) is 13.5. The van der Waals surface area contributed by atoms with E-state index in [2.05, 4.69) is 15.3 Å². The van der Waals surface area contributed by atoms with Gasteiger partial charge in [-0.25, -0.2) is 4.98 Å². The van der Waals surface area contributed by atoms with Crippen LogP contribution in [0.15, 0.2) is 61.2 Å². The molecule has 23 heavy (non-hydrogen) atoms. The molecule has 0 aliphatic rings. The topological polar surface area (TPSA) is 59.9 Å². The van der Waals surface area contributed by atoms with Crippen molar-refractivity contribution in [2.24, 2.45) is 0 Å². The Balaban J connectivity index is 1.90. The Kier molecular flexibility index (Phi) is 3.24. The number of hydrogen-bond acceptors (Lipinski definition) is 5. The highest BCUT2D eigenvalue weighted by Crippen LogP contribution is 2.30. The Morgan fingerprint density at radius 3 is 2.61 bits per heavy atom. The lowest BCUT2D eigenvalue weighted by atomic mass is 10.1. The van der Waals surface area contributed by atoms with E-state index in [4.69, 9.17) is 9.72 Å². The van der Waals surface area contributed by atoms with Crippen molar-refractivity contribution >= 4 is 33.2 Å². The number of nitrogens with zero attached hydrogens (tertiary/aromatic N) is 3. The standard InChI is InChI=1S/C18H14N4O/c1-23-13-4-2-3-12(9-13)21-18-15-6-8-19-10-16(15)14-5-7-20-11-17(14)22-18/h2-11H,1H3,(H,21,22). The number of rotatable bonds is 3. The van der Waals surface area contributed by atoms with Gasteiger partial charge >= 0.3 is 0 Å². The number of methoxy groups -OCH3 is 1. The average molecular weight is 302 g/mol. The zero-order valence-electron chi connectivity index (χ0n) is 12.5. The van der Waals surface area contributed by atoms with Gasteiger partial charge in [-0.3, -0.25) is 9.97 Å². The van der Waals surface area contributed by atoms with Gasteiger partial charge in [0.05, 0.1) is 18.8 Å². The summed E-state index contributed by atoms with van der Waals surface area (Å²) in [6.07, 6.45) is 7.16. The molecule has 0 spiro atoms. The highest BCUT2D eigenvalue weighted by molar-refractivity contribution is 6.09. The molecule has 1 aromatic carbocycles. The van der Waals surface area contributed by atoms with Crippen molar-refractivity contribution in [2.75, 3.05) is 12.4 Å². The van der Waals surface area contributed by atoms with Crippen LogP contribution in [-0.4, -0.2) is 22.1 Å². The highest BCUT2D eigenvalue weighted by Gasteiger charge is 2.09.